The van der Waals surface area contributed by atoms with E-state index in [9.17, 15) is 4.79 Å². The van der Waals surface area contributed by atoms with Crippen LogP contribution in [0, 0.1) is 0 Å². The van der Waals surface area contributed by atoms with Crippen molar-refractivity contribution in [2.24, 2.45) is 0 Å². The molecule has 8 aromatic rings. The van der Waals surface area contributed by atoms with E-state index in [0.717, 1.165) is 61.2 Å². The van der Waals surface area contributed by atoms with Gasteiger partial charge in [-0.05, 0) is 74.3 Å². The third kappa shape index (κ3) is 5.65. The lowest BCUT2D eigenvalue weighted by atomic mass is 9.96. The zero-order valence-corrected chi connectivity index (χ0v) is 25.5. The minimum Gasteiger partial charge on any atom is -0.284 e. The van der Waals surface area contributed by atoms with Crippen LogP contribution in [0.4, 0.5) is 0 Å². The molecule has 2 aromatic heterocycles. The van der Waals surface area contributed by atoms with Gasteiger partial charge in [-0.1, -0.05) is 146 Å². The Hall–Kier alpha value is -6.39. The molecular weight excluding hydrogens is 574 g/mol. The fourth-order valence-electron chi connectivity index (χ4n) is 6.17. The van der Waals surface area contributed by atoms with Crippen molar-refractivity contribution in [2.45, 2.75) is 0 Å². The van der Waals surface area contributed by atoms with E-state index < -0.39 is 5.69 Å². The van der Waals surface area contributed by atoms with Crippen molar-refractivity contribution in [1.82, 2.24) is 14.4 Å². The number of hydrogen-bond donors (Lipinski definition) is 0. The molecule has 222 valence electrons. The summed E-state index contributed by atoms with van der Waals surface area (Å²) in [6, 6.07) is 58.2. The van der Waals surface area contributed by atoms with Gasteiger partial charge in [0.25, 0.3) is 0 Å². The van der Waals surface area contributed by atoms with Crippen molar-refractivity contribution >= 4 is 5.65 Å². The van der Waals surface area contributed by atoms with Gasteiger partial charge in [-0.15, -0.1) is 0 Å². The third-order valence-electron chi connectivity index (χ3n) is 8.48. The highest BCUT2D eigenvalue weighted by Crippen LogP contribution is 2.35. The highest BCUT2D eigenvalue weighted by molar-refractivity contribution is 5.86. The molecule has 0 fully saturated rings. The molecule has 4 nitrogen and oxygen atoms in total. The molecular formula is C43H29N3O. The summed E-state index contributed by atoms with van der Waals surface area (Å²) in [4.78, 5) is 22.2. The monoisotopic (exact) mass is 603 g/mol. The lowest BCUT2D eigenvalue weighted by Gasteiger charge is -2.16. The van der Waals surface area contributed by atoms with E-state index >= 15 is 0 Å². The van der Waals surface area contributed by atoms with Crippen molar-refractivity contribution in [1.29, 1.82) is 0 Å². The van der Waals surface area contributed by atoms with Crippen molar-refractivity contribution in [2.75, 3.05) is 0 Å². The molecule has 0 bridgehead atoms. The van der Waals surface area contributed by atoms with Gasteiger partial charge in [0.2, 0.25) is 0 Å². The Morgan fingerprint density at radius 3 is 1.30 bits per heavy atom. The first-order chi connectivity index (χ1) is 23.2. The maximum atomic E-state index is 13.2. The Balaban J connectivity index is 1.38. The molecule has 0 aliphatic heterocycles. The Morgan fingerprint density at radius 2 is 0.766 bits per heavy atom. The first-order valence-electron chi connectivity index (χ1n) is 15.6. The molecule has 0 unspecified atom stereocenters. The predicted molar refractivity (Wildman–Crippen MR) is 192 cm³/mol. The fraction of sp³-hybridized carbons (Fsp3) is 0. The first-order valence-corrected chi connectivity index (χ1v) is 15.6. The summed E-state index contributed by atoms with van der Waals surface area (Å²) in [5.41, 5.74) is 11.3. The minimum absolute atomic E-state index is 0.524. The molecule has 0 spiro atoms. The smallest absolute Gasteiger partial charge is 0.284 e. The van der Waals surface area contributed by atoms with E-state index in [1.807, 2.05) is 65.2 Å². The summed E-state index contributed by atoms with van der Waals surface area (Å²) in [7, 11) is 0. The SMILES string of the molecule is O=c1nc(-c2cccc(-c3ccccc3)c2)n2cc(-c3cccc(-c4ccccc4)c3)cc(-c3cccc(-c4ccccc4)c3)c2n1. The second-order valence-electron chi connectivity index (χ2n) is 11.5. The number of fused-ring (bicyclic) bond motifs is 1. The summed E-state index contributed by atoms with van der Waals surface area (Å²) in [6.45, 7) is 0. The van der Waals surface area contributed by atoms with Crippen LogP contribution >= 0.6 is 0 Å². The highest BCUT2D eigenvalue weighted by Gasteiger charge is 2.16. The Labute approximate surface area is 273 Å². The summed E-state index contributed by atoms with van der Waals surface area (Å²) in [5.74, 6) is 0.541. The largest absolute Gasteiger partial charge is 0.371 e. The molecule has 47 heavy (non-hydrogen) atoms. The van der Waals surface area contributed by atoms with Crippen LogP contribution in [0.1, 0.15) is 0 Å². The molecule has 0 radical (unpaired) electrons. The van der Waals surface area contributed by atoms with Gasteiger partial charge in [-0.2, -0.15) is 9.97 Å². The lowest BCUT2D eigenvalue weighted by molar-refractivity contribution is 0.976. The van der Waals surface area contributed by atoms with Crippen molar-refractivity contribution in [3.63, 3.8) is 0 Å². The van der Waals surface area contributed by atoms with Crippen LogP contribution in [-0.2, 0) is 0 Å². The van der Waals surface area contributed by atoms with Gasteiger partial charge in [-0.3, -0.25) is 4.40 Å². The van der Waals surface area contributed by atoms with Crippen LogP contribution in [0.5, 0.6) is 0 Å². The van der Waals surface area contributed by atoms with E-state index in [1.54, 1.807) is 0 Å². The first kappa shape index (κ1) is 28.1. The number of benzene rings is 6. The van der Waals surface area contributed by atoms with Crippen LogP contribution < -0.4 is 5.69 Å². The maximum Gasteiger partial charge on any atom is 0.371 e. The predicted octanol–water partition coefficient (Wildman–Crippen LogP) is 10.1. The fourth-order valence-corrected chi connectivity index (χ4v) is 6.17. The second-order valence-corrected chi connectivity index (χ2v) is 11.5. The van der Waals surface area contributed by atoms with Crippen LogP contribution in [-0.4, -0.2) is 14.4 Å². The van der Waals surface area contributed by atoms with Gasteiger partial charge in [-0.25, -0.2) is 4.79 Å². The topological polar surface area (TPSA) is 47.3 Å². The molecule has 0 atom stereocenters. The minimum atomic E-state index is -0.524. The summed E-state index contributed by atoms with van der Waals surface area (Å²) >= 11 is 0. The third-order valence-corrected chi connectivity index (χ3v) is 8.48. The van der Waals surface area contributed by atoms with Gasteiger partial charge < -0.3 is 0 Å². The number of rotatable bonds is 6. The Kier molecular flexibility index (Phi) is 7.29. The Bertz CT molecular complexity index is 2420. The van der Waals surface area contributed by atoms with Crippen LogP contribution in [0.15, 0.2) is 181 Å². The number of aromatic nitrogens is 3. The molecule has 0 saturated heterocycles. The zero-order valence-electron chi connectivity index (χ0n) is 25.5. The van der Waals surface area contributed by atoms with Gasteiger partial charge in [0.15, 0.2) is 11.5 Å². The highest BCUT2D eigenvalue weighted by atomic mass is 16.1. The average Bonchev–Trinajstić information content (AvgIpc) is 3.15. The number of hydrogen-bond acceptors (Lipinski definition) is 3. The molecule has 0 saturated carbocycles. The van der Waals surface area contributed by atoms with E-state index in [4.69, 9.17) is 0 Å². The average molecular weight is 604 g/mol. The van der Waals surface area contributed by atoms with E-state index in [0.29, 0.717) is 11.5 Å². The lowest BCUT2D eigenvalue weighted by Crippen LogP contribution is -2.16. The standard InChI is InChI=1S/C43H29N3O/c47-43-44-41(38-24-12-21-35(27-38)32-17-8-3-9-18-32)46-29-39(36-22-10-19-33(25-36)30-13-4-1-5-14-30)28-40(42(46)45-43)37-23-11-20-34(26-37)31-15-6-2-7-16-31/h1-29H. The summed E-state index contributed by atoms with van der Waals surface area (Å²) in [5, 5.41) is 0. The van der Waals surface area contributed by atoms with Gasteiger partial charge in [0.1, 0.15) is 0 Å². The maximum absolute atomic E-state index is 13.2. The molecule has 0 aliphatic rings. The van der Waals surface area contributed by atoms with Gasteiger partial charge >= 0.3 is 5.69 Å². The second kappa shape index (κ2) is 12.2. The van der Waals surface area contributed by atoms with E-state index in [2.05, 4.69) is 125 Å². The molecule has 0 amide bonds. The molecule has 4 heteroatoms. The van der Waals surface area contributed by atoms with Crippen molar-refractivity contribution < 1.29 is 0 Å². The molecule has 0 N–H and O–H groups in total. The van der Waals surface area contributed by atoms with Crippen LogP contribution in [0.2, 0.25) is 0 Å². The van der Waals surface area contributed by atoms with Crippen LogP contribution in [0.25, 0.3) is 72.7 Å². The number of nitrogens with zero attached hydrogens (tertiary/aromatic N) is 3. The van der Waals surface area contributed by atoms with Gasteiger partial charge in [0.05, 0.1) is 0 Å². The molecule has 8 rings (SSSR count). The quantitative estimate of drug-likeness (QED) is 0.190. The Morgan fingerprint density at radius 1 is 0.362 bits per heavy atom. The molecule has 0 aliphatic carbocycles. The number of pyridine rings is 1. The van der Waals surface area contributed by atoms with E-state index in [-0.39, 0.29) is 0 Å². The molecule has 6 aromatic carbocycles. The van der Waals surface area contributed by atoms with Crippen LogP contribution in [0.3, 0.4) is 0 Å². The summed E-state index contributed by atoms with van der Waals surface area (Å²) in [6.07, 6.45) is 2.05. The van der Waals surface area contributed by atoms with Crippen molar-refractivity contribution in [3.05, 3.63) is 187 Å². The van der Waals surface area contributed by atoms with Crippen molar-refractivity contribution in [3.8, 4) is 67.0 Å². The molecule has 2 heterocycles. The van der Waals surface area contributed by atoms with E-state index in [1.165, 1.54) is 0 Å². The zero-order chi connectivity index (χ0) is 31.6. The van der Waals surface area contributed by atoms with Gasteiger partial charge in [0, 0.05) is 17.3 Å². The summed E-state index contributed by atoms with van der Waals surface area (Å²) < 4.78 is 1.97. The normalized spacial score (nSPS) is 11.1.